The number of imide groups is 1. The molecule has 4 rings (SSSR count). The van der Waals surface area contributed by atoms with Crippen LogP contribution in [0.25, 0.3) is 0 Å². The maximum Gasteiger partial charge on any atom is 0.262 e. The van der Waals surface area contributed by atoms with E-state index in [-0.39, 0.29) is 22.4 Å². The van der Waals surface area contributed by atoms with Crippen LogP contribution in [-0.2, 0) is 11.2 Å². The van der Waals surface area contributed by atoms with E-state index >= 15 is 0 Å². The van der Waals surface area contributed by atoms with Crippen molar-refractivity contribution < 1.29 is 19.2 Å². The van der Waals surface area contributed by atoms with E-state index in [1.165, 1.54) is 11.3 Å². The highest BCUT2D eigenvalue weighted by atomic mass is 32.1. The summed E-state index contributed by atoms with van der Waals surface area (Å²) in [6.45, 7) is 1.48. The van der Waals surface area contributed by atoms with Crippen LogP contribution in [-0.4, -0.2) is 45.3 Å². The van der Waals surface area contributed by atoms with Gasteiger partial charge in [-0.05, 0) is 30.7 Å². The maximum atomic E-state index is 12.7. The fraction of sp³-hybridized carbons (Fsp3) is 0.143. The normalized spacial score (nSPS) is 12.6. The van der Waals surface area contributed by atoms with Gasteiger partial charge in [0.25, 0.3) is 17.7 Å². The number of fused-ring (bicyclic) bond motifs is 1. The minimum absolute atomic E-state index is 0.214. The van der Waals surface area contributed by atoms with Crippen LogP contribution in [0.2, 0.25) is 0 Å². The van der Waals surface area contributed by atoms with Gasteiger partial charge in [0.05, 0.1) is 22.4 Å². The molecule has 1 aliphatic heterocycles. The molecule has 0 saturated heterocycles. The number of carbonyl (C=O) groups is 4. The average Bonchev–Trinajstić information content (AvgIpc) is 3.32. The zero-order chi connectivity index (χ0) is 22.0. The Bertz CT molecular complexity index is 1170. The van der Waals surface area contributed by atoms with Crippen molar-refractivity contribution in [1.82, 2.24) is 15.1 Å². The lowest BCUT2D eigenvalue weighted by molar-refractivity contribution is -0.116. The largest absolute Gasteiger partial charge is 0.324 e. The molecular formula is C21H17N5O4S. The molecule has 31 heavy (non-hydrogen) atoms. The summed E-state index contributed by atoms with van der Waals surface area (Å²) in [7, 11) is 0. The monoisotopic (exact) mass is 435 g/mol. The molecule has 0 unspecified atom stereocenters. The number of benzene rings is 2. The lowest BCUT2D eigenvalue weighted by Crippen LogP contribution is -2.37. The van der Waals surface area contributed by atoms with Gasteiger partial charge in [0.2, 0.25) is 11.0 Å². The molecule has 0 aliphatic carbocycles. The van der Waals surface area contributed by atoms with Crippen LogP contribution in [0.4, 0.5) is 10.8 Å². The molecule has 4 amide bonds. The van der Waals surface area contributed by atoms with Crippen LogP contribution in [0.3, 0.4) is 0 Å². The Labute approximate surface area is 181 Å². The standard InChI is InChI=1S/C21H17N5O4S/c1-2-17-24-25-21(31-17)23-18(28)14-9-5-6-10-15(14)22-16(27)11-26-19(29)12-7-3-4-8-13(12)20(26)30/h3-10H,2,11H2,1H3,(H,22,27)(H,23,25,28). The minimum atomic E-state index is -0.598. The first kappa shape index (κ1) is 20.4. The molecule has 156 valence electrons. The predicted octanol–water partition coefficient (Wildman–Crippen LogP) is 2.59. The third-order valence-corrected chi connectivity index (χ3v) is 5.60. The Morgan fingerprint density at radius 1 is 0.935 bits per heavy atom. The second-order valence-electron chi connectivity index (χ2n) is 6.64. The molecule has 1 aliphatic rings. The minimum Gasteiger partial charge on any atom is -0.324 e. The third kappa shape index (κ3) is 4.05. The topological polar surface area (TPSA) is 121 Å². The molecule has 0 bridgehead atoms. The van der Waals surface area contributed by atoms with Crippen molar-refractivity contribution in [3.63, 3.8) is 0 Å². The second kappa shape index (κ2) is 8.44. The Balaban J connectivity index is 1.46. The third-order valence-electron chi connectivity index (χ3n) is 4.62. The molecule has 9 nitrogen and oxygen atoms in total. The van der Waals surface area contributed by atoms with E-state index in [1.807, 2.05) is 6.92 Å². The SMILES string of the molecule is CCc1nnc(NC(=O)c2ccccc2NC(=O)CN2C(=O)c3ccccc3C2=O)s1. The van der Waals surface area contributed by atoms with Gasteiger partial charge in [0.1, 0.15) is 11.6 Å². The number of aromatic nitrogens is 2. The molecule has 0 radical (unpaired) electrons. The van der Waals surface area contributed by atoms with Crippen molar-refractivity contribution in [2.24, 2.45) is 0 Å². The highest BCUT2D eigenvalue weighted by Gasteiger charge is 2.36. The number of anilines is 2. The first-order valence-corrected chi connectivity index (χ1v) is 10.3. The summed E-state index contributed by atoms with van der Waals surface area (Å²) in [5, 5.41) is 14.3. The van der Waals surface area contributed by atoms with Gasteiger partial charge >= 0.3 is 0 Å². The maximum absolute atomic E-state index is 12.7. The van der Waals surface area contributed by atoms with E-state index in [0.717, 1.165) is 9.91 Å². The van der Waals surface area contributed by atoms with E-state index < -0.39 is 30.2 Å². The van der Waals surface area contributed by atoms with Crippen molar-refractivity contribution in [2.45, 2.75) is 13.3 Å². The van der Waals surface area contributed by atoms with Crippen molar-refractivity contribution in [3.8, 4) is 0 Å². The second-order valence-corrected chi connectivity index (χ2v) is 7.71. The number of para-hydroxylation sites is 1. The van der Waals surface area contributed by atoms with Gasteiger partial charge in [-0.2, -0.15) is 0 Å². The molecule has 0 fully saturated rings. The molecule has 0 saturated carbocycles. The molecule has 0 atom stereocenters. The van der Waals surface area contributed by atoms with Crippen LogP contribution < -0.4 is 10.6 Å². The molecule has 2 heterocycles. The highest BCUT2D eigenvalue weighted by molar-refractivity contribution is 7.15. The summed E-state index contributed by atoms with van der Waals surface area (Å²) >= 11 is 1.27. The number of rotatable bonds is 6. The highest BCUT2D eigenvalue weighted by Crippen LogP contribution is 2.23. The number of carbonyl (C=O) groups excluding carboxylic acids is 4. The van der Waals surface area contributed by atoms with Crippen LogP contribution in [0, 0.1) is 0 Å². The van der Waals surface area contributed by atoms with E-state index in [1.54, 1.807) is 48.5 Å². The van der Waals surface area contributed by atoms with Crippen molar-refractivity contribution in [1.29, 1.82) is 0 Å². The van der Waals surface area contributed by atoms with Crippen molar-refractivity contribution >= 4 is 45.8 Å². The number of amides is 4. The Kier molecular flexibility index (Phi) is 5.54. The van der Waals surface area contributed by atoms with E-state index in [2.05, 4.69) is 20.8 Å². The predicted molar refractivity (Wildman–Crippen MR) is 114 cm³/mol. The number of hydrogen-bond acceptors (Lipinski definition) is 7. The molecule has 3 aromatic rings. The summed E-state index contributed by atoms with van der Waals surface area (Å²) in [5.41, 5.74) is 1.00. The van der Waals surface area contributed by atoms with Crippen LogP contribution >= 0.6 is 11.3 Å². The first-order valence-electron chi connectivity index (χ1n) is 9.45. The zero-order valence-corrected chi connectivity index (χ0v) is 17.2. The lowest BCUT2D eigenvalue weighted by Gasteiger charge is -2.15. The molecule has 2 aromatic carbocycles. The smallest absolute Gasteiger partial charge is 0.262 e. The Morgan fingerprint density at radius 2 is 1.58 bits per heavy atom. The number of nitrogens with one attached hydrogen (secondary N) is 2. The van der Waals surface area contributed by atoms with Gasteiger partial charge in [-0.1, -0.05) is 42.5 Å². The number of hydrogen-bond donors (Lipinski definition) is 2. The summed E-state index contributed by atoms with van der Waals surface area (Å²) in [4.78, 5) is 51.0. The van der Waals surface area contributed by atoms with Crippen LogP contribution in [0.15, 0.2) is 48.5 Å². The first-order chi connectivity index (χ1) is 15.0. The average molecular weight is 435 g/mol. The van der Waals surface area contributed by atoms with Crippen LogP contribution in [0.1, 0.15) is 43.0 Å². The van der Waals surface area contributed by atoms with Gasteiger partial charge in [-0.15, -0.1) is 10.2 Å². The molecule has 0 spiro atoms. The molecular weight excluding hydrogens is 418 g/mol. The Morgan fingerprint density at radius 3 is 2.23 bits per heavy atom. The zero-order valence-electron chi connectivity index (χ0n) is 16.4. The fourth-order valence-electron chi connectivity index (χ4n) is 3.12. The van der Waals surface area contributed by atoms with Crippen LogP contribution in [0.5, 0.6) is 0 Å². The van der Waals surface area contributed by atoms with E-state index in [0.29, 0.717) is 11.6 Å². The summed E-state index contributed by atoms with van der Waals surface area (Å²) in [6, 6.07) is 12.8. The summed E-state index contributed by atoms with van der Waals surface area (Å²) in [6.07, 6.45) is 0.706. The molecule has 2 N–H and O–H groups in total. The van der Waals surface area contributed by atoms with Crippen molar-refractivity contribution in [3.05, 3.63) is 70.2 Å². The van der Waals surface area contributed by atoms with Gasteiger partial charge in [-0.25, -0.2) is 0 Å². The van der Waals surface area contributed by atoms with E-state index in [4.69, 9.17) is 0 Å². The summed E-state index contributed by atoms with van der Waals surface area (Å²) < 4.78 is 0. The molecule has 10 heteroatoms. The van der Waals surface area contributed by atoms with Crippen molar-refractivity contribution in [2.75, 3.05) is 17.2 Å². The lowest BCUT2D eigenvalue weighted by atomic mass is 10.1. The fourth-order valence-corrected chi connectivity index (χ4v) is 3.79. The quantitative estimate of drug-likeness (QED) is 0.574. The number of aryl methyl sites for hydroxylation is 1. The molecule has 1 aromatic heterocycles. The van der Waals surface area contributed by atoms with Gasteiger partial charge in [0.15, 0.2) is 0 Å². The van der Waals surface area contributed by atoms with Gasteiger partial charge < -0.3 is 5.32 Å². The van der Waals surface area contributed by atoms with Gasteiger partial charge in [0, 0.05) is 0 Å². The number of nitrogens with zero attached hydrogens (tertiary/aromatic N) is 3. The summed E-state index contributed by atoms with van der Waals surface area (Å²) in [5.74, 6) is -2.11. The Hall–Kier alpha value is -3.92. The van der Waals surface area contributed by atoms with E-state index in [9.17, 15) is 19.2 Å². The van der Waals surface area contributed by atoms with Gasteiger partial charge in [-0.3, -0.25) is 29.4 Å².